The SMILES string of the molecule is O=C(O)Cc1ccc(Sc2ccc(N(CCc3ccccc3)C(=O)NCc3ccccc3)cc2)cc1. The molecule has 0 aliphatic carbocycles. The average Bonchev–Trinajstić information content (AvgIpc) is 2.90. The van der Waals surface area contributed by atoms with Crippen molar-refractivity contribution < 1.29 is 14.7 Å². The summed E-state index contributed by atoms with van der Waals surface area (Å²) in [7, 11) is 0. The van der Waals surface area contributed by atoms with E-state index in [0.717, 1.165) is 33.0 Å². The first-order valence-corrected chi connectivity index (χ1v) is 12.6. The van der Waals surface area contributed by atoms with Crippen molar-refractivity contribution in [2.75, 3.05) is 11.4 Å². The van der Waals surface area contributed by atoms with E-state index >= 15 is 0 Å². The van der Waals surface area contributed by atoms with Gasteiger partial charge < -0.3 is 10.4 Å². The van der Waals surface area contributed by atoms with E-state index in [-0.39, 0.29) is 12.5 Å². The molecule has 36 heavy (non-hydrogen) atoms. The molecule has 0 saturated carbocycles. The van der Waals surface area contributed by atoms with Gasteiger partial charge in [-0.05, 0) is 59.5 Å². The van der Waals surface area contributed by atoms with Crippen LogP contribution in [0.4, 0.5) is 10.5 Å². The van der Waals surface area contributed by atoms with E-state index in [1.165, 1.54) is 5.56 Å². The van der Waals surface area contributed by atoms with Crippen LogP contribution in [0.3, 0.4) is 0 Å². The zero-order valence-corrected chi connectivity index (χ0v) is 20.7. The molecule has 0 radical (unpaired) electrons. The Labute approximate surface area is 215 Å². The third-order valence-electron chi connectivity index (χ3n) is 5.66. The van der Waals surface area contributed by atoms with Crippen molar-refractivity contribution in [3.05, 3.63) is 126 Å². The van der Waals surface area contributed by atoms with E-state index in [9.17, 15) is 9.59 Å². The number of nitrogens with zero attached hydrogens (tertiary/aromatic N) is 1. The van der Waals surface area contributed by atoms with Crippen LogP contribution in [-0.2, 0) is 24.2 Å². The number of carboxylic acid groups (broad SMARTS) is 1. The monoisotopic (exact) mass is 496 g/mol. The molecule has 2 amide bonds. The second kappa shape index (κ2) is 12.6. The highest BCUT2D eigenvalue weighted by Crippen LogP contribution is 2.29. The molecule has 0 aromatic heterocycles. The number of amides is 2. The van der Waals surface area contributed by atoms with Crippen LogP contribution in [0, 0.1) is 0 Å². The molecule has 6 heteroatoms. The van der Waals surface area contributed by atoms with E-state index in [2.05, 4.69) is 17.4 Å². The van der Waals surface area contributed by atoms with Crippen LogP contribution in [0.25, 0.3) is 0 Å². The van der Waals surface area contributed by atoms with E-state index in [1.807, 2.05) is 97.1 Å². The number of urea groups is 1. The molecule has 0 fully saturated rings. The number of nitrogens with one attached hydrogen (secondary N) is 1. The Morgan fingerprint density at radius 2 is 1.25 bits per heavy atom. The number of aliphatic carboxylic acids is 1. The summed E-state index contributed by atoms with van der Waals surface area (Å²) in [6, 6.07) is 35.4. The van der Waals surface area contributed by atoms with Gasteiger partial charge in [0.1, 0.15) is 0 Å². The second-order valence-corrected chi connectivity index (χ2v) is 9.49. The van der Waals surface area contributed by atoms with Crippen LogP contribution in [0.1, 0.15) is 16.7 Å². The number of hydrogen-bond acceptors (Lipinski definition) is 3. The molecule has 0 aliphatic heterocycles. The van der Waals surface area contributed by atoms with Crippen molar-refractivity contribution in [1.82, 2.24) is 5.32 Å². The van der Waals surface area contributed by atoms with E-state index in [0.29, 0.717) is 13.1 Å². The Bertz CT molecular complexity index is 1260. The molecule has 0 spiro atoms. The van der Waals surface area contributed by atoms with Gasteiger partial charge in [-0.3, -0.25) is 9.69 Å². The standard InChI is InChI=1S/C30H28N2O3S/c33-29(34)21-24-11-15-27(16-12-24)36-28-17-13-26(14-18-28)32(20-19-23-7-3-1-4-8-23)30(35)31-22-25-9-5-2-6-10-25/h1-18H,19-22H2,(H,31,35)(H,33,34). The first kappa shape index (κ1) is 25.1. The van der Waals surface area contributed by atoms with E-state index in [1.54, 1.807) is 16.7 Å². The highest BCUT2D eigenvalue weighted by Gasteiger charge is 2.16. The molecule has 4 aromatic rings. The summed E-state index contributed by atoms with van der Waals surface area (Å²) in [5, 5.41) is 12.0. The van der Waals surface area contributed by atoms with Crippen LogP contribution in [0.15, 0.2) is 119 Å². The van der Waals surface area contributed by atoms with Crippen LogP contribution < -0.4 is 10.2 Å². The average molecular weight is 497 g/mol. The van der Waals surface area contributed by atoms with Gasteiger partial charge >= 0.3 is 12.0 Å². The molecule has 182 valence electrons. The number of carboxylic acids is 1. The third-order valence-corrected chi connectivity index (χ3v) is 6.68. The lowest BCUT2D eigenvalue weighted by molar-refractivity contribution is -0.136. The number of carbonyl (C=O) groups excluding carboxylic acids is 1. The van der Waals surface area contributed by atoms with Crippen molar-refractivity contribution in [2.45, 2.75) is 29.2 Å². The fourth-order valence-electron chi connectivity index (χ4n) is 3.78. The molecule has 0 heterocycles. The van der Waals surface area contributed by atoms with Gasteiger partial charge in [0, 0.05) is 28.6 Å². The maximum atomic E-state index is 13.2. The van der Waals surface area contributed by atoms with Gasteiger partial charge in [0.05, 0.1) is 6.42 Å². The maximum Gasteiger partial charge on any atom is 0.322 e. The molecule has 2 N–H and O–H groups in total. The Kier molecular flexibility index (Phi) is 8.78. The van der Waals surface area contributed by atoms with Crippen molar-refractivity contribution in [2.24, 2.45) is 0 Å². The van der Waals surface area contributed by atoms with Crippen LogP contribution in [0.2, 0.25) is 0 Å². The first-order chi connectivity index (χ1) is 17.6. The van der Waals surface area contributed by atoms with Gasteiger partial charge in [0.2, 0.25) is 0 Å². The molecule has 0 unspecified atom stereocenters. The number of anilines is 1. The molecular formula is C30H28N2O3S. The summed E-state index contributed by atoms with van der Waals surface area (Å²) in [5.74, 6) is -0.837. The minimum absolute atomic E-state index is 0.0186. The molecule has 0 aliphatic rings. The Morgan fingerprint density at radius 1 is 0.694 bits per heavy atom. The molecule has 5 nitrogen and oxygen atoms in total. The highest BCUT2D eigenvalue weighted by atomic mass is 32.2. The number of hydrogen-bond donors (Lipinski definition) is 2. The van der Waals surface area contributed by atoms with Crippen molar-refractivity contribution in [1.29, 1.82) is 0 Å². The predicted octanol–water partition coefficient (Wildman–Crippen LogP) is 6.42. The van der Waals surface area contributed by atoms with Crippen LogP contribution in [-0.4, -0.2) is 23.7 Å². The smallest absolute Gasteiger partial charge is 0.322 e. The van der Waals surface area contributed by atoms with Gasteiger partial charge in [-0.1, -0.05) is 84.6 Å². The quantitative estimate of drug-likeness (QED) is 0.266. The lowest BCUT2D eigenvalue weighted by Gasteiger charge is -2.24. The largest absolute Gasteiger partial charge is 0.481 e. The lowest BCUT2D eigenvalue weighted by atomic mass is 10.1. The zero-order chi connectivity index (χ0) is 25.2. The summed E-state index contributed by atoms with van der Waals surface area (Å²) in [6.07, 6.45) is 0.767. The molecule has 4 aromatic carbocycles. The van der Waals surface area contributed by atoms with Gasteiger partial charge in [0.25, 0.3) is 0 Å². The number of benzene rings is 4. The summed E-state index contributed by atoms with van der Waals surface area (Å²) >= 11 is 1.60. The molecule has 0 bridgehead atoms. The molecule has 4 rings (SSSR count). The highest BCUT2D eigenvalue weighted by molar-refractivity contribution is 7.99. The number of rotatable bonds is 10. The first-order valence-electron chi connectivity index (χ1n) is 11.8. The van der Waals surface area contributed by atoms with Crippen molar-refractivity contribution in [3.63, 3.8) is 0 Å². The molecule has 0 saturated heterocycles. The van der Waals surface area contributed by atoms with Gasteiger partial charge in [0.15, 0.2) is 0 Å². The number of carbonyl (C=O) groups is 2. The minimum Gasteiger partial charge on any atom is -0.481 e. The molecular weight excluding hydrogens is 468 g/mol. The van der Waals surface area contributed by atoms with Gasteiger partial charge in [-0.25, -0.2) is 4.79 Å². The van der Waals surface area contributed by atoms with Crippen LogP contribution >= 0.6 is 11.8 Å². The lowest BCUT2D eigenvalue weighted by Crippen LogP contribution is -2.41. The summed E-state index contributed by atoms with van der Waals surface area (Å²) in [5.41, 5.74) is 3.84. The Hall–Kier alpha value is -4.03. The fraction of sp³-hybridized carbons (Fsp3) is 0.133. The van der Waals surface area contributed by atoms with Crippen molar-refractivity contribution in [3.8, 4) is 0 Å². The van der Waals surface area contributed by atoms with Crippen molar-refractivity contribution >= 4 is 29.4 Å². The second-order valence-electron chi connectivity index (χ2n) is 8.34. The summed E-state index contributed by atoms with van der Waals surface area (Å²) in [6.45, 7) is 1.02. The van der Waals surface area contributed by atoms with Gasteiger partial charge in [-0.2, -0.15) is 0 Å². The normalized spacial score (nSPS) is 10.6. The maximum absolute atomic E-state index is 13.2. The van der Waals surface area contributed by atoms with E-state index < -0.39 is 5.97 Å². The van der Waals surface area contributed by atoms with Crippen LogP contribution in [0.5, 0.6) is 0 Å². The summed E-state index contributed by atoms with van der Waals surface area (Å²) < 4.78 is 0. The molecule has 0 atom stereocenters. The fourth-order valence-corrected chi connectivity index (χ4v) is 4.60. The van der Waals surface area contributed by atoms with E-state index in [4.69, 9.17) is 5.11 Å². The van der Waals surface area contributed by atoms with Gasteiger partial charge in [-0.15, -0.1) is 0 Å². The Balaban J connectivity index is 1.44. The topological polar surface area (TPSA) is 69.6 Å². The Morgan fingerprint density at radius 3 is 1.83 bits per heavy atom. The third kappa shape index (κ3) is 7.48. The zero-order valence-electron chi connectivity index (χ0n) is 19.8. The predicted molar refractivity (Wildman–Crippen MR) is 145 cm³/mol. The minimum atomic E-state index is -0.837. The summed E-state index contributed by atoms with van der Waals surface area (Å²) in [4.78, 5) is 27.9.